The summed E-state index contributed by atoms with van der Waals surface area (Å²) < 4.78 is 1.16. The van der Waals surface area contributed by atoms with E-state index in [1.54, 1.807) is 23.1 Å². The molecule has 94 valence electrons. The van der Waals surface area contributed by atoms with Crippen LogP contribution in [0.1, 0.15) is 9.67 Å². The molecule has 19 heavy (non-hydrogen) atoms. The maximum atomic E-state index is 11.4. The molecule has 0 radical (unpaired) electrons. The van der Waals surface area contributed by atoms with E-state index in [-0.39, 0.29) is 0 Å². The number of rotatable bonds is 3. The van der Waals surface area contributed by atoms with Crippen LogP contribution in [0.15, 0.2) is 53.4 Å². The van der Waals surface area contributed by atoms with E-state index in [4.69, 9.17) is 0 Å². The fourth-order valence-corrected chi connectivity index (χ4v) is 3.91. The zero-order valence-electron chi connectivity index (χ0n) is 10.4. The van der Waals surface area contributed by atoms with Gasteiger partial charge >= 0.3 is 0 Å². The molecule has 0 bridgehead atoms. The Balaban J connectivity index is 2.38. The molecule has 0 aliphatic heterocycles. The van der Waals surface area contributed by atoms with Crippen molar-refractivity contribution in [2.24, 2.45) is 0 Å². The Kier molecular flexibility index (Phi) is 3.40. The SMILES string of the molecule is CSc1ccccc1-c1c(C=O)sc2ccccc12. The molecule has 3 rings (SSSR count). The lowest BCUT2D eigenvalue weighted by Crippen LogP contribution is -1.84. The third kappa shape index (κ3) is 2.09. The van der Waals surface area contributed by atoms with E-state index in [0.29, 0.717) is 0 Å². The second kappa shape index (κ2) is 5.19. The van der Waals surface area contributed by atoms with Gasteiger partial charge in [0.25, 0.3) is 0 Å². The monoisotopic (exact) mass is 284 g/mol. The van der Waals surface area contributed by atoms with E-state index in [2.05, 4.69) is 30.5 Å². The van der Waals surface area contributed by atoms with Gasteiger partial charge in [-0.1, -0.05) is 36.4 Å². The standard InChI is InChI=1S/C16H12OS2/c1-18-13-8-4-2-6-11(13)16-12-7-3-5-9-14(12)19-15(16)10-17/h2-10H,1H3. The largest absolute Gasteiger partial charge is 0.297 e. The molecule has 0 aliphatic carbocycles. The van der Waals surface area contributed by atoms with Gasteiger partial charge in [-0.05, 0) is 24.0 Å². The van der Waals surface area contributed by atoms with Gasteiger partial charge in [0.1, 0.15) is 0 Å². The van der Waals surface area contributed by atoms with Gasteiger partial charge in [-0.2, -0.15) is 0 Å². The first-order valence-electron chi connectivity index (χ1n) is 5.95. The molecule has 3 heteroatoms. The molecule has 0 fully saturated rings. The second-order valence-electron chi connectivity index (χ2n) is 4.16. The fourth-order valence-electron chi connectivity index (χ4n) is 2.28. The van der Waals surface area contributed by atoms with Crippen molar-refractivity contribution in [3.63, 3.8) is 0 Å². The van der Waals surface area contributed by atoms with E-state index >= 15 is 0 Å². The van der Waals surface area contributed by atoms with Crippen LogP contribution in [0.4, 0.5) is 0 Å². The Morgan fingerprint density at radius 3 is 2.58 bits per heavy atom. The Morgan fingerprint density at radius 2 is 1.79 bits per heavy atom. The normalized spacial score (nSPS) is 10.8. The molecule has 1 nitrogen and oxygen atoms in total. The van der Waals surface area contributed by atoms with Crippen LogP contribution in [-0.4, -0.2) is 12.5 Å². The topological polar surface area (TPSA) is 17.1 Å². The summed E-state index contributed by atoms with van der Waals surface area (Å²) in [7, 11) is 0. The van der Waals surface area contributed by atoms with Crippen molar-refractivity contribution in [1.82, 2.24) is 0 Å². The Morgan fingerprint density at radius 1 is 1.05 bits per heavy atom. The summed E-state index contributed by atoms with van der Waals surface area (Å²) in [5, 5.41) is 1.16. The number of benzene rings is 2. The van der Waals surface area contributed by atoms with Crippen LogP contribution in [0.5, 0.6) is 0 Å². The highest BCUT2D eigenvalue weighted by molar-refractivity contribution is 7.98. The molecule has 3 aromatic rings. The van der Waals surface area contributed by atoms with Crippen molar-refractivity contribution >= 4 is 39.5 Å². The molecule has 0 atom stereocenters. The smallest absolute Gasteiger partial charge is 0.160 e. The van der Waals surface area contributed by atoms with Crippen LogP contribution in [-0.2, 0) is 0 Å². The number of hydrogen-bond acceptors (Lipinski definition) is 3. The van der Waals surface area contributed by atoms with Gasteiger partial charge in [-0.15, -0.1) is 23.1 Å². The van der Waals surface area contributed by atoms with Crippen LogP contribution in [0.25, 0.3) is 21.2 Å². The van der Waals surface area contributed by atoms with E-state index in [0.717, 1.165) is 32.4 Å². The molecule has 0 aliphatic rings. The van der Waals surface area contributed by atoms with Gasteiger partial charge in [0.15, 0.2) is 6.29 Å². The van der Waals surface area contributed by atoms with Crippen molar-refractivity contribution in [1.29, 1.82) is 0 Å². The van der Waals surface area contributed by atoms with Gasteiger partial charge in [0.2, 0.25) is 0 Å². The van der Waals surface area contributed by atoms with Crippen molar-refractivity contribution in [3.05, 3.63) is 53.4 Å². The maximum Gasteiger partial charge on any atom is 0.160 e. The molecule has 0 spiro atoms. The van der Waals surface area contributed by atoms with Crippen LogP contribution in [0, 0.1) is 0 Å². The summed E-state index contributed by atoms with van der Waals surface area (Å²) in [6.45, 7) is 0. The summed E-state index contributed by atoms with van der Waals surface area (Å²) in [4.78, 5) is 13.4. The lowest BCUT2D eigenvalue weighted by molar-refractivity contribution is 0.112. The highest BCUT2D eigenvalue weighted by Gasteiger charge is 2.15. The average Bonchev–Trinajstić information content (AvgIpc) is 2.85. The minimum Gasteiger partial charge on any atom is -0.297 e. The fraction of sp³-hybridized carbons (Fsp3) is 0.0625. The molecule has 1 heterocycles. The molecule has 0 unspecified atom stereocenters. The predicted octanol–water partition coefficient (Wildman–Crippen LogP) is 5.10. The first-order valence-corrected chi connectivity index (χ1v) is 7.99. The van der Waals surface area contributed by atoms with Gasteiger partial charge in [0, 0.05) is 20.5 Å². The van der Waals surface area contributed by atoms with Gasteiger partial charge in [-0.25, -0.2) is 0 Å². The third-order valence-corrected chi connectivity index (χ3v) is 5.00. The number of thioether (sulfide) groups is 1. The van der Waals surface area contributed by atoms with E-state index in [9.17, 15) is 4.79 Å². The minimum atomic E-state index is 0.808. The zero-order valence-corrected chi connectivity index (χ0v) is 12.1. The first-order chi connectivity index (χ1) is 9.35. The molecule has 2 aromatic carbocycles. The zero-order chi connectivity index (χ0) is 13.2. The van der Waals surface area contributed by atoms with Crippen LogP contribution >= 0.6 is 23.1 Å². The van der Waals surface area contributed by atoms with Gasteiger partial charge in [0.05, 0.1) is 4.88 Å². The molecule has 0 amide bonds. The van der Waals surface area contributed by atoms with E-state index in [1.165, 1.54) is 4.90 Å². The highest BCUT2D eigenvalue weighted by Crippen LogP contribution is 2.41. The number of aldehydes is 1. The summed E-state index contributed by atoms with van der Waals surface area (Å²) in [6.07, 6.45) is 3.03. The Labute approximate surface area is 120 Å². The van der Waals surface area contributed by atoms with Crippen LogP contribution < -0.4 is 0 Å². The van der Waals surface area contributed by atoms with Crippen molar-refractivity contribution < 1.29 is 4.79 Å². The number of hydrogen-bond donors (Lipinski definition) is 0. The lowest BCUT2D eigenvalue weighted by atomic mass is 10.0. The second-order valence-corrected chi connectivity index (χ2v) is 6.09. The molecule has 1 aromatic heterocycles. The van der Waals surface area contributed by atoms with Crippen LogP contribution in [0.3, 0.4) is 0 Å². The number of carbonyl (C=O) groups is 1. The minimum absolute atomic E-state index is 0.808. The highest BCUT2D eigenvalue weighted by atomic mass is 32.2. The van der Waals surface area contributed by atoms with Crippen molar-refractivity contribution in [2.75, 3.05) is 6.26 Å². The summed E-state index contributed by atoms with van der Waals surface area (Å²) >= 11 is 3.27. The molecular formula is C16H12OS2. The number of fused-ring (bicyclic) bond motifs is 1. The summed E-state index contributed by atoms with van der Waals surface area (Å²) in [5.41, 5.74) is 2.22. The molecule has 0 saturated carbocycles. The van der Waals surface area contributed by atoms with Gasteiger partial charge in [-0.3, -0.25) is 4.79 Å². The third-order valence-electron chi connectivity index (χ3n) is 3.11. The molecule has 0 saturated heterocycles. The summed E-state index contributed by atoms with van der Waals surface area (Å²) in [6, 6.07) is 16.4. The van der Waals surface area contributed by atoms with Crippen molar-refractivity contribution in [2.45, 2.75) is 4.90 Å². The first kappa shape index (κ1) is 12.5. The van der Waals surface area contributed by atoms with Crippen LogP contribution in [0.2, 0.25) is 0 Å². The number of thiophene rings is 1. The summed E-state index contributed by atoms with van der Waals surface area (Å²) in [5.74, 6) is 0. The number of carbonyl (C=O) groups excluding carboxylic acids is 1. The lowest BCUT2D eigenvalue weighted by Gasteiger charge is -2.07. The quantitative estimate of drug-likeness (QED) is 0.491. The Bertz CT molecular complexity index is 743. The van der Waals surface area contributed by atoms with Crippen molar-refractivity contribution in [3.8, 4) is 11.1 Å². The van der Waals surface area contributed by atoms with E-state index < -0.39 is 0 Å². The Hall–Kier alpha value is -1.58. The molecular weight excluding hydrogens is 272 g/mol. The predicted molar refractivity (Wildman–Crippen MR) is 84.4 cm³/mol. The van der Waals surface area contributed by atoms with Gasteiger partial charge < -0.3 is 0 Å². The average molecular weight is 284 g/mol. The van der Waals surface area contributed by atoms with E-state index in [1.807, 2.05) is 24.3 Å². The molecule has 0 N–H and O–H groups in total. The maximum absolute atomic E-state index is 11.4.